The molecule has 0 fully saturated rings. The number of rotatable bonds is 14. The van der Waals surface area contributed by atoms with Crippen molar-refractivity contribution in [1.29, 1.82) is 0 Å². The van der Waals surface area contributed by atoms with Crippen molar-refractivity contribution >= 4 is 39.7 Å². The maximum Gasteiger partial charge on any atom is 0.417 e. The van der Waals surface area contributed by atoms with E-state index in [0.29, 0.717) is 0 Å². The average Bonchev–Trinajstić information content (AvgIpc) is 2.61. The molecule has 0 aromatic heterocycles. The normalized spacial score (nSPS) is 20.7. The van der Waals surface area contributed by atoms with Gasteiger partial charge in [-0.1, -0.05) is 40.9 Å². The van der Waals surface area contributed by atoms with Crippen molar-refractivity contribution in [2.24, 2.45) is 0 Å². The molecule has 6 unspecified atom stereocenters. The van der Waals surface area contributed by atoms with Crippen LogP contribution in [-0.2, 0) is 33.3 Å². The van der Waals surface area contributed by atoms with Crippen LogP contribution in [0.4, 0.5) is 30.7 Å². The summed E-state index contributed by atoms with van der Waals surface area (Å²) in [4.78, 5) is 22.6. The van der Waals surface area contributed by atoms with Crippen LogP contribution in [0.1, 0.15) is 27.7 Å². The third-order valence-corrected chi connectivity index (χ3v) is 4.83. The number of alkyl halides is 7. The molecule has 7 nitrogen and oxygen atoms in total. The van der Waals surface area contributed by atoms with E-state index in [-0.39, 0.29) is 25.0 Å². The number of hydrogen-bond donors (Lipinski definition) is 0. The van der Waals surface area contributed by atoms with Gasteiger partial charge in [0, 0.05) is 25.0 Å². The molecule has 0 spiro atoms. The summed E-state index contributed by atoms with van der Waals surface area (Å²) in [6.07, 6.45) is -5.35. The average molecular weight is 580 g/mol. The molecule has 0 amide bonds. The van der Waals surface area contributed by atoms with Crippen LogP contribution in [0.25, 0.3) is 0 Å². The number of carbonyl (C=O) groups is 2. The minimum absolute atomic E-state index is 0.0482. The highest BCUT2D eigenvalue weighted by Crippen LogP contribution is 2.49. The van der Waals surface area contributed by atoms with E-state index in [2.05, 4.69) is 36.8 Å². The maximum absolute atomic E-state index is 14.9. The Kier molecular flexibility index (Phi) is 11.4. The zero-order valence-electron chi connectivity index (χ0n) is 19.1. The molecule has 0 radical (unpaired) electrons. The molecule has 0 N–H and O–H groups in total. The lowest BCUT2D eigenvalue weighted by Gasteiger charge is -2.41. The Balaban J connectivity index is 5.52. The van der Waals surface area contributed by atoms with Crippen molar-refractivity contribution < 1.29 is 64.0 Å². The molecule has 0 rings (SSSR count). The summed E-state index contributed by atoms with van der Waals surface area (Å²) in [5.41, 5.74) is -11.5. The van der Waals surface area contributed by atoms with Gasteiger partial charge >= 0.3 is 23.9 Å². The van der Waals surface area contributed by atoms with Gasteiger partial charge in [0.05, 0.1) is 0 Å². The molecule has 204 valence electrons. The fraction of sp³-hybridized carbons (Fsp3) is 0.667. The van der Waals surface area contributed by atoms with E-state index in [4.69, 9.17) is 0 Å². The standard InChI is InChI=1S/C18H26F7O7P3/c1-9(2)11(26)28-7-15(21,33)31-17(23,24)13(5,19)30-14(6,20)18(25,35)32-16(22,34)8-29-12(27)10(3)4/h1,3,7-8,33-35H2,2,4-6H3/t13-,14?,15?,16?,18-/m1/s1. The van der Waals surface area contributed by atoms with Gasteiger partial charge in [-0.15, -0.1) is 0 Å². The van der Waals surface area contributed by atoms with Crippen LogP contribution in [-0.4, -0.2) is 59.8 Å². The van der Waals surface area contributed by atoms with Crippen molar-refractivity contribution in [3.63, 3.8) is 0 Å². The molecule has 0 aromatic carbocycles. The van der Waals surface area contributed by atoms with Gasteiger partial charge < -0.3 is 9.47 Å². The van der Waals surface area contributed by atoms with Gasteiger partial charge in [0.1, 0.15) is 0 Å². The Bertz CT molecular complexity index is 767. The fourth-order valence-corrected chi connectivity index (χ4v) is 2.64. The second kappa shape index (κ2) is 11.7. The molecule has 0 saturated heterocycles. The highest BCUT2D eigenvalue weighted by atomic mass is 31.0. The Morgan fingerprint density at radius 2 is 1.03 bits per heavy atom. The lowest BCUT2D eigenvalue weighted by Crippen LogP contribution is -2.58. The summed E-state index contributed by atoms with van der Waals surface area (Å²) in [5, 5.41) is 0. The zero-order valence-corrected chi connectivity index (χ0v) is 22.5. The molecule has 0 heterocycles. The topological polar surface area (TPSA) is 80.3 Å². The van der Waals surface area contributed by atoms with Crippen molar-refractivity contribution in [3.05, 3.63) is 24.3 Å². The lowest BCUT2D eigenvalue weighted by molar-refractivity contribution is -0.452. The second-order valence-corrected chi connectivity index (χ2v) is 10.1. The summed E-state index contributed by atoms with van der Waals surface area (Å²) >= 11 is 0. The number of hydrogen-bond acceptors (Lipinski definition) is 7. The first kappa shape index (κ1) is 34.1. The first-order valence-corrected chi connectivity index (χ1v) is 11.0. The summed E-state index contributed by atoms with van der Waals surface area (Å²) in [6, 6.07) is 0. The van der Waals surface area contributed by atoms with Gasteiger partial charge in [0.25, 0.3) is 22.6 Å². The van der Waals surface area contributed by atoms with E-state index in [0.717, 1.165) is 25.4 Å². The molecular formula is C18H26F7O7P3. The van der Waals surface area contributed by atoms with E-state index in [9.17, 15) is 40.3 Å². The highest BCUT2D eigenvalue weighted by molar-refractivity contribution is 7.19. The molecule has 0 aliphatic carbocycles. The SMILES string of the molecule is C=C(C)C(=O)OCC(F)(P)OC(F)(F)[C@](C)(F)OC(C)(F)[C@](F)(P)OC(F)(P)COC(=O)C(=C)C. The monoisotopic (exact) mass is 580 g/mol. The fourth-order valence-electron chi connectivity index (χ4n) is 1.76. The predicted molar refractivity (Wildman–Crippen MR) is 119 cm³/mol. The maximum atomic E-state index is 14.9. The Labute approximate surface area is 204 Å². The van der Waals surface area contributed by atoms with Crippen molar-refractivity contribution in [2.45, 2.75) is 62.3 Å². The largest absolute Gasteiger partial charge is 0.456 e. The Hall–Kier alpha value is -0.900. The zero-order chi connectivity index (χ0) is 28.3. The van der Waals surface area contributed by atoms with Gasteiger partial charge in [-0.25, -0.2) is 31.5 Å². The number of halogens is 7. The van der Waals surface area contributed by atoms with Crippen LogP contribution in [0.2, 0.25) is 0 Å². The quantitative estimate of drug-likeness (QED) is 0.127. The van der Waals surface area contributed by atoms with Crippen LogP contribution in [0, 0.1) is 0 Å². The number of ether oxygens (including phenoxy) is 5. The van der Waals surface area contributed by atoms with Crippen LogP contribution >= 0.6 is 27.7 Å². The first-order valence-electron chi connectivity index (χ1n) is 9.22. The summed E-state index contributed by atoms with van der Waals surface area (Å²) in [7, 11) is 3.23. The molecule has 0 saturated carbocycles. The molecule has 0 aromatic rings. The van der Waals surface area contributed by atoms with Crippen LogP contribution < -0.4 is 0 Å². The minimum Gasteiger partial charge on any atom is -0.456 e. The molecule has 17 heteroatoms. The van der Waals surface area contributed by atoms with E-state index in [1.54, 1.807) is 0 Å². The van der Waals surface area contributed by atoms with Crippen LogP contribution in [0.15, 0.2) is 24.3 Å². The molecular weight excluding hydrogens is 554 g/mol. The molecule has 0 aliphatic heterocycles. The van der Waals surface area contributed by atoms with Gasteiger partial charge in [0.15, 0.2) is 13.2 Å². The summed E-state index contributed by atoms with van der Waals surface area (Å²) < 4.78 is 122. The van der Waals surface area contributed by atoms with Crippen molar-refractivity contribution in [2.75, 3.05) is 13.2 Å². The third kappa shape index (κ3) is 10.5. The second-order valence-electron chi connectivity index (χ2n) is 7.59. The third-order valence-electron chi connectivity index (χ3n) is 3.63. The van der Waals surface area contributed by atoms with Crippen LogP contribution in [0.3, 0.4) is 0 Å². The molecule has 35 heavy (non-hydrogen) atoms. The summed E-state index contributed by atoms with van der Waals surface area (Å²) in [5.74, 6) is -11.2. The van der Waals surface area contributed by atoms with E-state index in [1.807, 2.05) is 0 Å². The smallest absolute Gasteiger partial charge is 0.417 e. The minimum atomic E-state index is -5.35. The van der Waals surface area contributed by atoms with Crippen molar-refractivity contribution in [3.8, 4) is 0 Å². The van der Waals surface area contributed by atoms with Gasteiger partial charge in [-0.2, -0.15) is 8.78 Å². The van der Waals surface area contributed by atoms with Crippen LogP contribution in [0.5, 0.6) is 0 Å². The Morgan fingerprint density at radius 1 is 0.686 bits per heavy atom. The first-order chi connectivity index (χ1) is 15.3. The van der Waals surface area contributed by atoms with E-state index in [1.165, 1.54) is 16.2 Å². The number of esters is 2. The lowest BCUT2D eigenvalue weighted by atomic mass is 10.2. The van der Waals surface area contributed by atoms with Crippen molar-refractivity contribution in [1.82, 2.24) is 0 Å². The highest BCUT2D eigenvalue weighted by Gasteiger charge is 2.65. The molecule has 0 aliphatic rings. The summed E-state index contributed by atoms with van der Waals surface area (Å²) in [6.45, 7) is 5.79. The van der Waals surface area contributed by atoms with E-state index >= 15 is 0 Å². The van der Waals surface area contributed by atoms with E-state index < -0.39 is 59.8 Å². The Morgan fingerprint density at radius 3 is 1.37 bits per heavy atom. The molecule has 0 bridgehead atoms. The number of carbonyl (C=O) groups excluding carboxylic acids is 2. The van der Waals surface area contributed by atoms with Gasteiger partial charge in [0.2, 0.25) is 0 Å². The molecule has 8 atom stereocenters. The van der Waals surface area contributed by atoms with Gasteiger partial charge in [-0.3, -0.25) is 14.2 Å². The predicted octanol–water partition coefficient (Wildman–Crippen LogP) is 4.73. The van der Waals surface area contributed by atoms with Gasteiger partial charge in [-0.05, 0) is 13.8 Å².